The van der Waals surface area contributed by atoms with E-state index in [9.17, 15) is 14.7 Å². The minimum Gasteiger partial charge on any atom is -0.392 e. The highest BCUT2D eigenvalue weighted by molar-refractivity contribution is 6.34. The smallest absolute Gasteiger partial charge is 0.266 e. The fraction of sp³-hybridized carbons (Fsp3) is 0.459. The van der Waals surface area contributed by atoms with E-state index < -0.39 is 6.29 Å². The molecule has 3 fully saturated rings. The highest BCUT2D eigenvalue weighted by atomic mass is 16.7. The molecule has 3 aliphatic heterocycles. The van der Waals surface area contributed by atoms with Crippen LogP contribution < -0.4 is 4.90 Å². The Bertz CT molecular complexity index is 1550. The Morgan fingerprint density at radius 2 is 1.57 bits per heavy atom. The number of hydrogen-bond acceptors (Lipinski definition) is 6. The molecule has 1 saturated carbocycles. The van der Waals surface area contributed by atoms with Crippen molar-refractivity contribution in [1.29, 1.82) is 0 Å². The van der Waals surface area contributed by atoms with Gasteiger partial charge in [0.15, 0.2) is 6.29 Å². The van der Waals surface area contributed by atoms with Crippen molar-refractivity contribution in [3.8, 4) is 0 Å². The Morgan fingerprint density at radius 3 is 2.25 bits per heavy atom. The fourth-order valence-corrected chi connectivity index (χ4v) is 8.58. The zero-order valence-corrected chi connectivity index (χ0v) is 26.0. The summed E-state index contributed by atoms with van der Waals surface area (Å²) in [6.45, 7) is 11.3. The first-order valence-electron chi connectivity index (χ1n) is 15.9. The molecule has 4 aliphatic rings. The minimum atomic E-state index is -0.678. The molecule has 2 unspecified atom stereocenters. The Labute approximate surface area is 259 Å². The van der Waals surface area contributed by atoms with Crippen LogP contribution >= 0.6 is 0 Å². The van der Waals surface area contributed by atoms with Gasteiger partial charge in [0, 0.05) is 30.6 Å². The Morgan fingerprint density at radius 1 is 0.864 bits per heavy atom. The second-order valence-electron chi connectivity index (χ2n) is 14.6. The molecule has 3 aromatic rings. The number of aliphatic hydroxyl groups is 1. The number of nitrogens with zero attached hydrogens (tertiary/aromatic N) is 2. The molecule has 7 rings (SSSR count). The summed E-state index contributed by atoms with van der Waals surface area (Å²) in [5.41, 5.74) is 4.65. The molecule has 1 N–H and O–H groups in total. The first kappa shape index (κ1) is 29.4. The molecule has 3 aromatic carbocycles. The van der Waals surface area contributed by atoms with Crippen molar-refractivity contribution in [3.63, 3.8) is 0 Å². The number of imide groups is 1. The summed E-state index contributed by atoms with van der Waals surface area (Å²) in [5.74, 6) is -0.566. The number of benzene rings is 3. The van der Waals surface area contributed by atoms with E-state index in [1.807, 2.05) is 42.5 Å². The van der Waals surface area contributed by atoms with Crippen LogP contribution in [0.4, 0.5) is 5.69 Å². The minimum absolute atomic E-state index is 0.00815. The molecule has 230 valence electrons. The summed E-state index contributed by atoms with van der Waals surface area (Å²) < 4.78 is 13.5. The zero-order valence-electron chi connectivity index (χ0n) is 26.0. The van der Waals surface area contributed by atoms with Crippen LogP contribution in [0, 0.1) is 16.7 Å². The van der Waals surface area contributed by atoms with Gasteiger partial charge >= 0.3 is 0 Å². The van der Waals surface area contributed by atoms with Crippen molar-refractivity contribution in [1.82, 2.24) is 4.90 Å². The van der Waals surface area contributed by atoms with Gasteiger partial charge in [0.05, 0.1) is 35.6 Å². The maximum absolute atomic E-state index is 13.3. The molecule has 2 bridgehead atoms. The third kappa shape index (κ3) is 5.20. The average molecular weight is 595 g/mol. The van der Waals surface area contributed by atoms with Gasteiger partial charge in [-0.3, -0.25) is 14.5 Å². The normalized spacial score (nSPS) is 31.4. The van der Waals surface area contributed by atoms with E-state index in [4.69, 9.17) is 9.47 Å². The number of carbonyl (C=O) groups is 2. The second-order valence-corrected chi connectivity index (χ2v) is 14.6. The summed E-state index contributed by atoms with van der Waals surface area (Å²) in [4.78, 5) is 30.4. The van der Waals surface area contributed by atoms with Gasteiger partial charge in [0.2, 0.25) is 0 Å². The van der Waals surface area contributed by atoms with Gasteiger partial charge in [-0.15, -0.1) is 0 Å². The highest BCUT2D eigenvalue weighted by Crippen LogP contribution is 2.53. The highest BCUT2D eigenvalue weighted by Gasteiger charge is 2.51. The Balaban J connectivity index is 1.19. The van der Waals surface area contributed by atoms with Crippen LogP contribution in [0.5, 0.6) is 0 Å². The number of fused-ring (bicyclic) bond motifs is 3. The fourth-order valence-electron chi connectivity index (χ4n) is 8.58. The lowest BCUT2D eigenvalue weighted by Crippen LogP contribution is -2.46. The van der Waals surface area contributed by atoms with Gasteiger partial charge in [0.25, 0.3) is 11.8 Å². The van der Waals surface area contributed by atoms with Crippen molar-refractivity contribution >= 4 is 17.5 Å². The lowest BCUT2D eigenvalue weighted by atomic mass is 9.65. The largest absolute Gasteiger partial charge is 0.392 e. The van der Waals surface area contributed by atoms with Crippen LogP contribution in [0.25, 0.3) is 0 Å². The van der Waals surface area contributed by atoms with Crippen molar-refractivity contribution in [3.05, 3.63) is 101 Å². The number of anilines is 1. The molecule has 1 aliphatic carbocycles. The summed E-state index contributed by atoms with van der Waals surface area (Å²) in [6.07, 6.45) is 2.66. The standard InChI is InChI=1S/C37H42N2O5/c1-23-31(19-38-22-37(4)18-28(38)17-36(2,3)21-37)43-35(44-32(23)25-14-12-24(20-40)13-15-25)26-8-7-9-27(16-26)39-33(41)29-10-5-6-11-30(29)34(39)42/h5-16,23,28,31-32,35,40H,17-22H2,1-4H3/t23-,28?,31+,32+,35+,37?/m1/s1. The van der Waals surface area contributed by atoms with E-state index in [1.165, 1.54) is 24.2 Å². The predicted octanol–water partition coefficient (Wildman–Crippen LogP) is 6.67. The van der Waals surface area contributed by atoms with Gasteiger partial charge in [-0.25, -0.2) is 4.90 Å². The van der Waals surface area contributed by atoms with Gasteiger partial charge in [-0.1, -0.05) is 76.2 Å². The summed E-state index contributed by atoms with van der Waals surface area (Å²) in [5, 5.41) is 9.62. The van der Waals surface area contributed by atoms with Crippen LogP contribution in [0.1, 0.15) is 96.8 Å². The molecule has 7 heteroatoms. The number of aliphatic hydroxyl groups excluding tert-OH is 1. The number of carbonyl (C=O) groups excluding carboxylic acids is 2. The van der Waals surface area contributed by atoms with Gasteiger partial charge in [-0.05, 0) is 65.5 Å². The molecule has 0 radical (unpaired) electrons. The number of rotatable bonds is 6. The van der Waals surface area contributed by atoms with Crippen LogP contribution in [-0.2, 0) is 16.1 Å². The predicted molar refractivity (Wildman–Crippen MR) is 168 cm³/mol. The van der Waals surface area contributed by atoms with Crippen LogP contribution in [0.15, 0.2) is 72.8 Å². The molecule has 44 heavy (non-hydrogen) atoms. The van der Waals surface area contributed by atoms with Gasteiger partial charge in [-0.2, -0.15) is 0 Å². The average Bonchev–Trinajstić information content (AvgIpc) is 3.40. The SMILES string of the molecule is C[C@@H]1[C@H](CN2CC3(C)CC2CC(C)(C)C3)O[C@H](c2cccc(N3C(=O)c4ccccc4C3=O)c2)O[C@@H]1c1ccc(CO)cc1. The molecular formula is C37H42N2O5. The lowest BCUT2D eigenvalue weighted by molar-refractivity contribution is -0.276. The third-order valence-electron chi connectivity index (χ3n) is 10.3. The third-order valence-corrected chi connectivity index (χ3v) is 10.3. The van der Waals surface area contributed by atoms with Crippen molar-refractivity contribution in [2.24, 2.45) is 16.7 Å². The monoisotopic (exact) mass is 594 g/mol. The molecule has 7 nitrogen and oxygen atoms in total. The van der Waals surface area contributed by atoms with Gasteiger partial charge < -0.3 is 14.6 Å². The molecule has 2 saturated heterocycles. The molecular weight excluding hydrogens is 552 g/mol. The maximum Gasteiger partial charge on any atom is 0.266 e. The topological polar surface area (TPSA) is 79.3 Å². The van der Waals surface area contributed by atoms with E-state index in [1.54, 1.807) is 30.3 Å². The van der Waals surface area contributed by atoms with E-state index in [0.717, 1.165) is 29.8 Å². The summed E-state index contributed by atoms with van der Waals surface area (Å²) in [7, 11) is 0. The van der Waals surface area contributed by atoms with E-state index in [2.05, 4.69) is 32.6 Å². The number of likely N-dealkylation sites (tertiary alicyclic amines) is 1. The number of amides is 2. The summed E-state index contributed by atoms with van der Waals surface area (Å²) >= 11 is 0. The van der Waals surface area contributed by atoms with E-state index in [0.29, 0.717) is 33.7 Å². The van der Waals surface area contributed by atoms with E-state index >= 15 is 0 Å². The van der Waals surface area contributed by atoms with E-state index in [-0.39, 0.29) is 36.5 Å². The molecule has 3 heterocycles. The molecule has 6 atom stereocenters. The Kier molecular flexibility index (Phi) is 7.28. The molecule has 0 aromatic heterocycles. The lowest BCUT2D eigenvalue weighted by Gasteiger charge is -2.43. The zero-order chi connectivity index (χ0) is 30.8. The summed E-state index contributed by atoms with van der Waals surface area (Å²) in [6, 6.07) is 22.9. The van der Waals surface area contributed by atoms with Crippen molar-refractivity contribution in [2.45, 2.75) is 78.1 Å². The number of ether oxygens (including phenoxy) is 2. The molecule has 0 spiro atoms. The van der Waals surface area contributed by atoms with Crippen molar-refractivity contribution < 1.29 is 24.2 Å². The number of hydrogen-bond donors (Lipinski definition) is 1. The van der Waals surface area contributed by atoms with Crippen LogP contribution in [-0.4, -0.2) is 47.1 Å². The second kappa shape index (κ2) is 10.9. The van der Waals surface area contributed by atoms with Crippen molar-refractivity contribution in [2.75, 3.05) is 18.0 Å². The first-order chi connectivity index (χ1) is 21.0. The maximum atomic E-state index is 13.3. The Hall–Kier alpha value is -3.36. The van der Waals surface area contributed by atoms with Gasteiger partial charge in [0.1, 0.15) is 0 Å². The molecule has 2 amide bonds. The van der Waals surface area contributed by atoms with Crippen LogP contribution in [0.2, 0.25) is 0 Å². The van der Waals surface area contributed by atoms with Crippen LogP contribution in [0.3, 0.4) is 0 Å². The first-order valence-corrected chi connectivity index (χ1v) is 15.9. The quantitative estimate of drug-likeness (QED) is 0.321.